The highest BCUT2D eigenvalue weighted by molar-refractivity contribution is 5.98. The summed E-state index contributed by atoms with van der Waals surface area (Å²) in [4.78, 5) is 23.3. The molecule has 0 aromatic heterocycles. The highest BCUT2D eigenvalue weighted by Gasteiger charge is 2.36. The Morgan fingerprint density at radius 3 is 1.95 bits per heavy atom. The quantitative estimate of drug-likeness (QED) is 0.646. The molecule has 0 radical (unpaired) electrons. The van der Waals surface area contributed by atoms with Crippen molar-refractivity contribution in [3.8, 4) is 11.5 Å². The normalized spacial score (nSPS) is 11.1. The molecule has 1 aromatic carbocycles. The Labute approximate surface area is 110 Å². The molecule has 0 bridgehead atoms. The molecule has 104 valence electrons. The van der Waals surface area contributed by atoms with Crippen LogP contribution in [0.15, 0.2) is 18.2 Å². The Kier molecular flexibility index (Phi) is 4.37. The molecule has 0 aliphatic heterocycles. The van der Waals surface area contributed by atoms with E-state index >= 15 is 0 Å². The fraction of sp³-hybridized carbons (Fsp3) is 0.385. The van der Waals surface area contributed by atoms with Crippen molar-refractivity contribution >= 4 is 11.9 Å². The van der Waals surface area contributed by atoms with Gasteiger partial charge in [-0.05, 0) is 25.0 Å². The van der Waals surface area contributed by atoms with Crippen LogP contribution in [0.1, 0.15) is 37.0 Å². The number of aliphatic carboxylic acids is 1. The van der Waals surface area contributed by atoms with Crippen molar-refractivity contribution in [3.05, 3.63) is 23.8 Å². The Morgan fingerprint density at radius 2 is 1.58 bits per heavy atom. The lowest BCUT2D eigenvalue weighted by molar-refractivity contribution is -0.144. The maximum atomic E-state index is 12.0. The van der Waals surface area contributed by atoms with Crippen LogP contribution in [0.3, 0.4) is 0 Å². The Morgan fingerprint density at radius 1 is 1.11 bits per heavy atom. The maximum absolute atomic E-state index is 12.0. The summed E-state index contributed by atoms with van der Waals surface area (Å²) in [5.41, 5.74) is -1.34. The molecule has 0 saturated carbocycles. The van der Waals surface area contributed by atoms with Gasteiger partial charge in [0, 0.05) is 11.6 Å². The van der Waals surface area contributed by atoms with Gasteiger partial charge in [-0.1, -0.05) is 13.8 Å². The second kappa shape index (κ2) is 5.60. The van der Waals surface area contributed by atoms with E-state index in [1.54, 1.807) is 13.8 Å². The molecule has 6 nitrogen and oxygen atoms in total. The first-order chi connectivity index (χ1) is 8.84. The van der Waals surface area contributed by atoms with Gasteiger partial charge in [0.25, 0.3) is 5.91 Å². The SMILES string of the molecule is CCC(CC)(NC(=O)c1cc(O)cc(O)c1)C(=O)O. The van der Waals surface area contributed by atoms with Gasteiger partial charge in [0.05, 0.1) is 0 Å². The van der Waals surface area contributed by atoms with Gasteiger partial charge in [-0.25, -0.2) is 4.79 Å². The molecule has 0 atom stereocenters. The van der Waals surface area contributed by atoms with Crippen LogP contribution >= 0.6 is 0 Å². The van der Waals surface area contributed by atoms with E-state index in [1.165, 1.54) is 0 Å². The second-order valence-corrected chi connectivity index (χ2v) is 4.29. The highest BCUT2D eigenvalue weighted by Crippen LogP contribution is 2.22. The van der Waals surface area contributed by atoms with E-state index < -0.39 is 17.4 Å². The summed E-state index contributed by atoms with van der Waals surface area (Å²) >= 11 is 0. The van der Waals surface area contributed by atoms with Gasteiger partial charge in [-0.3, -0.25) is 4.79 Å². The van der Waals surface area contributed by atoms with Crippen LogP contribution in [0.25, 0.3) is 0 Å². The first-order valence-electron chi connectivity index (χ1n) is 5.93. The first kappa shape index (κ1) is 14.8. The molecule has 0 saturated heterocycles. The number of carbonyl (C=O) groups is 2. The molecule has 0 aliphatic carbocycles. The molecule has 6 heteroatoms. The van der Waals surface area contributed by atoms with Crippen LogP contribution < -0.4 is 5.32 Å². The van der Waals surface area contributed by atoms with E-state index in [4.69, 9.17) is 0 Å². The number of carboxylic acids is 1. The van der Waals surface area contributed by atoms with Crippen molar-refractivity contribution in [1.29, 1.82) is 0 Å². The minimum Gasteiger partial charge on any atom is -0.508 e. The number of phenolic OH excluding ortho intramolecular Hbond substituents is 2. The average molecular weight is 267 g/mol. The van der Waals surface area contributed by atoms with Crippen molar-refractivity contribution in [2.24, 2.45) is 0 Å². The molecule has 0 fully saturated rings. The Hall–Kier alpha value is -2.24. The number of nitrogens with one attached hydrogen (secondary N) is 1. The van der Waals surface area contributed by atoms with Crippen molar-refractivity contribution in [1.82, 2.24) is 5.32 Å². The zero-order valence-corrected chi connectivity index (χ0v) is 10.8. The first-order valence-corrected chi connectivity index (χ1v) is 5.93. The molecule has 0 heterocycles. The number of phenols is 2. The molecule has 0 unspecified atom stereocenters. The summed E-state index contributed by atoms with van der Waals surface area (Å²) in [5.74, 6) is -2.30. The number of amides is 1. The van der Waals surface area contributed by atoms with Gasteiger partial charge in [0.1, 0.15) is 17.0 Å². The van der Waals surface area contributed by atoms with Crippen molar-refractivity contribution in [2.75, 3.05) is 0 Å². The number of carboxylic acid groups (broad SMARTS) is 1. The van der Waals surface area contributed by atoms with Crippen LogP contribution in [-0.2, 0) is 4.79 Å². The third kappa shape index (κ3) is 3.15. The van der Waals surface area contributed by atoms with Gasteiger partial charge in [0.15, 0.2) is 0 Å². The van der Waals surface area contributed by atoms with Gasteiger partial charge in [0.2, 0.25) is 0 Å². The van der Waals surface area contributed by atoms with Gasteiger partial charge in [-0.2, -0.15) is 0 Å². The smallest absolute Gasteiger partial charge is 0.329 e. The number of benzene rings is 1. The van der Waals surface area contributed by atoms with E-state index in [2.05, 4.69) is 5.32 Å². The van der Waals surface area contributed by atoms with Crippen LogP contribution in [0.2, 0.25) is 0 Å². The number of hydrogen-bond acceptors (Lipinski definition) is 4. The van der Waals surface area contributed by atoms with Gasteiger partial charge >= 0.3 is 5.97 Å². The fourth-order valence-electron chi connectivity index (χ4n) is 1.80. The van der Waals surface area contributed by atoms with E-state index in [0.717, 1.165) is 18.2 Å². The molecular formula is C13H17NO5. The fourth-order valence-corrected chi connectivity index (χ4v) is 1.80. The van der Waals surface area contributed by atoms with Crippen LogP contribution in [0.5, 0.6) is 11.5 Å². The third-order valence-corrected chi connectivity index (χ3v) is 3.13. The minimum atomic E-state index is -1.35. The predicted molar refractivity (Wildman–Crippen MR) is 68.2 cm³/mol. The van der Waals surface area contributed by atoms with Crippen molar-refractivity contribution < 1.29 is 24.9 Å². The largest absolute Gasteiger partial charge is 0.508 e. The number of hydrogen-bond donors (Lipinski definition) is 4. The maximum Gasteiger partial charge on any atom is 0.329 e. The summed E-state index contributed by atoms with van der Waals surface area (Å²) in [7, 11) is 0. The minimum absolute atomic E-state index is 0.00465. The molecule has 1 aromatic rings. The monoisotopic (exact) mass is 267 g/mol. The second-order valence-electron chi connectivity index (χ2n) is 4.29. The molecule has 1 amide bonds. The van der Waals surface area contributed by atoms with Crippen LogP contribution in [0.4, 0.5) is 0 Å². The molecule has 4 N–H and O–H groups in total. The molecule has 1 rings (SSSR count). The summed E-state index contributed by atoms with van der Waals surface area (Å²) in [6.07, 6.45) is 0.463. The average Bonchev–Trinajstić information content (AvgIpc) is 2.34. The van der Waals surface area contributed by atoms with Gasteiger partial charge < -0.3 is 20.6 Å². The molecule has 0 aliphatic rings. The summed E-state index contributed by atoms with van der Waals surface area (Å²) in [5, 5.41) is 30.3. The standard InChI is InChI=1S/C13H17NO5/c1-3-13(4-2,12(18)19)14-11(17)8-5-9(15)7-10(16)6-8/h5-7,15-16H,3-4H2,1-2H3,(H,14,17)(H,18,19). The Bertz CT molecular complexity index is 474. The number of carbonyl (C=O) groups excluding carboxylic acids is 1. The van der Waals surface area contributed by atoms with E-state index in [0.29, 0.717) is 0 Å². The summed E-state index contributed by atoms with van der Waals surface area (Å²) in [6.45, 7) is 3.33. The van der Waals surface area contributed by atoms with Gasteiger partial charge in [-0.15, -0.1) is 0 Å². The number of aromatic hydroxyl groups is 2. The zero-order chi connectivity index (χ0) is 14.6. The number of rotatable bonds is 5. The van der Waals surface area contributed by atoms with Crippen molar-refractivity contribution in [2.45, 2.75) is 32.2 Å². The molecule has 0 spiro atoms. The molecular weight excluding hydrogens is 250 g/mol. The lowest BCUT2D eigenvalue weighted by atomic mass is 9.92. The topological polar surface area (TPSA) is 107 Å². The third-order valence-electron chi connectivity index (χ3n) is 3.13. The highest BCUT2D eigenvalue weighted by atomic mass is 16.4. The molecule has 19 heavy (non-hydrogen) atoms. The Balaban J connectivity index is 3.03. The predicted octanol–water partition coefficient (Wildman–Crippen LogP) is 1.47. The summed E-state index contributed by atoms with van der Waals surface area (Å²) < 4.78 is 0. The van der Waals surface area contributed by atoms with Crippen LogP contribution in [-0.4, -0.2) is 32.7 Å². The van der Waals surface area contributed by atoms with E-state index in [-0.39, 0.29) is 29.9 Å². The lowest BCUT2D eigenvalue weighted by Crippen LogP contribution is -2.53. The van der Waals surface area contributed by atoms with Crippen molar-refractivity contribution in [3.63, 3.8) is 0 Å². The van der Waals surface area contributed by atoms with E-state index in [1.807, 2.05) is 0 Å². The zero-order valence-electron chi connectivity index (χ0n) is 10.8. The van der Waals surface area contributed by atoms with E-state index in [9.17, 15) is 24.9 Å². The lowest BCUT2D eigenvalue weighted by Gasteiger charge is -2.28. The summed E-state index contributed by atoms with van der Waals surface area (Å²) in [6, 6.07) is 3.40. The van der Waals surface area contributed by atoms with Crippen LogP contribution in [0, 0.1) is 0 Å².